The third-order valence-electron chi connectivity index (χ3n) is 7.47. The van der Waals surface area contributed by atoms with Crippen molar-refractivity contribution in [3.63, 3.8) is 0 Å². The van der Waals surface area contributed by atoms with Crippen LogP contribution in [0.4, 0.5) is 0 Å². The standard InChI is InChI=1S/C25H46O6.C16H30O4/c1-8-14-26-17-11-20-29-23(4)25(7,31-22-13-19-28-16-10-3)24(5,6)30-21-12-18-27-15-9-2;1-5-9-17-11-7-13-19-15(3)16(4)20-14-8-12-18-10-6-2/h11-13,20-23H,8-10,14-19H2,1-7H3;7-8,13-16H,5-6,9-12H2,1-4H3. The largest absolute Gasteiger partial charge is 0.495 e. The first-order valence-electron chi connectivity index (χ1n) is 19.0. The van der Waals surface area contributed by atoms with E-state index in [0.717, 1.165) is 65.1 Å². The van der Waals surface area contributed by atoms with Gasteiger partial charge in [0.15, 0.2) is 5.60 Å². The molecule has 300 valence electrons. The van der Waals surface area contributed by atoms with Gasteiger partial charge in [-0.25, -0.2) is 0 Å². The summed E-state index contributed by atoms with van der Waals surface area (Å²) in [6.45, 7) is 28.8. The van der Waals surface area contributed by atoms with Crippen molar-refractivity contribution in [2.24, 2.45) is 0 Å². The van der Waals surface area contributed by atoms with E-state index in [1.54, 1.807) is 31.3 Å². The topological polar surface area (TPSA) is 92.3 Å². The second kappa shape index (κ2) is 35.9. The van der Waals surface area contributed by atoms with Gasteiger partial charge in [0.25, 0.3) is 0 Å². The van der Waals surface area contributed by atoms with Crippen LogP contribution in [0.25, 0.3) is 0 Å². The summed E-state index contributed by atoms with van der Waals surface area (Å²) in [6, 6.07) is 0. The molecule has 0 bridgehead atoms. The summed E-state index contributed by atoms with van der Waals surface area (Å²) in [5.74, 6) is 0. The minimum absolute atomic E-state index is 0.0152. The first kappa shape index (κ1) is 50.6. The summed E-state index contributed by atoms with van der Waals surface area (Å²) in [7, 11) is 0. The lowest BCUT2D eigenvalue weighted by Crippen LogP contribution is -2.57. The molecular weight excluding hydrogens is 652 g/mol. The van der Waals surface area contributed by atoms with Crippen LogP contribution in [0.5, 0.6) is 0 Å². The maximum atomic E-state index is 6.19. The number of rotatable bonds is 33. The highest BCUT2D eigenvalue weighted by atomic mass is 16.6. The zero-order valence-corrected chi connectivity index (χ0v) is 34.2. The van der Waals surface area contributed by atoms with E-state index >= 15 is 0 Å². The average Bonchev–Trinajstić information content (AvgIpc) is 3.12. The predicted molar refractivity (Wildman–Crippen MR) is 208 cm³/mol. The molecule has 0 aliphatic rings. The molecule has 0 aromatic heterocycles. The van der Waals surface area contributed by atoms with E-state index in [0.29, 0.717) is 33.0 Å². The lowest BCUT2D eigenvalue weighted by atomic mass is 9.82. The van der Waals surface area contributed by atoms with Crippen LogP contribution in [0.3, 0.4) is 0 Å². The fourth-order valence-electron chi connectivity index (χ4n) is 3.81. The first-order valence-corrected chi connectivity index (χ1v) is 19.0. The molecule has 0 aromatic rings. The van der Waals surface area contributed by atoms with E-state index in [1.807, 2.05) is 71.9 Å². The van der Waals surface area contributed by atoms with Crippen molar-refractivity contribution in [3.8, 4) is 0 Å². The van der Waals surface area contributed by atoms with Gasteiger partial charge in [0.1, 0.15) is 23.9 Å². The van der Waals surface area contributed by atoms with Crippen molar-refractivity contribution >= 4 is 0 Å². The monoisotopic (exact) mass is 729 g/mol. The maximum Gasteiger partial charge on any atom is 0.180 e. The summed E-state index contributed by atoms with van der Waals surface area (Å²) < 4.78 is 56.3. The van der Waals surface area contributed by atoms with Gasteiger partial charge in [0.05, 0.1) is 64.3 Å². The van der Waals surface area contributed by atoms with E-state index in [-0.39, 0.29) is 18.3 Å². The van der Waals surface area contributed by atoms with Gasteiger partial charge in [-0.15, -0.1) is 0 Å². The van der Waals surface area contributed by atoms with Crippen molar-refractivity contribution in [1.82, 2.24) is 0 Å². The van der Waals surface area contributed by atoms with Crippen LogP contribution in [-0.4, -0.2) is 95.6 Å². The van der Waals surface area contributed by atoms with E-state index in [1.165, 1.54) is 0 Å². The molecule has 0 amide bonds. The fourth-order valence-corrected chi connectivity index (χ4v) is 3.81. The molecule has 10 nitrogen and oxygen atoms in total. The molecule has 0 aliphatic carbocycles. The van der Waals surface area contributed by atoms with Gasteiger partial charge in [0.2, 0.25) is 0 Å². The molecule has 4 atom stereocenters. The zero-order chi connectivity index (χ0) is 38.5. The van der Waals surface area contributed by atoms with Gasteiger partial charge in [0, 0.05) is 33.0 Å². The van der Waals surface area contributed by atoms with Crippen LogP contribution in [0.2, 0.25) is 0 Å². The van der Waals surface area contributed by atoms with Crippen LogP contribution in [0.15, 0.2) is 61.7 Å². The van der Waals surface area contributed by atoms with E-state index in [2.05, 4.69) is 34.6 Å². The first-order chi connectivity index (χ1) is 24.6. The lowest BCUT2D eigenvalue weighted by molar-refractivity contribution is -0.181. The van der Waals surface area contributed by atoms with Gasteiger partial charge in [-0.05, 0) is 104 Å². The molecule has 51 heavy (non-hydrogen) atoms. The lowest BCUT2D eigenvalue weighted by Gasteiger charge is -2.45. The summed E-state index contributed by atoms with van der Waals surface area (Å²) in [6.07, 6.45) is 22.4. The van der Waals surface area contributed by atoms with Crippen molar-refractivity contribution in [3.05, 3.63) is 61.7 Å². The maximum absolute atomic E-state index is 6.19. The van der Waals surface area contributed by atoms with Crippen molar-refractivity contribution in [2.45, 2.75) is 138 Å². The molecule has 10 heteroatoms. The van der Waals surface area contributed by atoms with Crippen molar-refractivity contribution < 1.29 is 47.4 Å². The Labute approximate surface area is 312 Å². The van der Waals surface area contributed by atoms with Crippen molar-refractivity contribution in [1.29, 1.82) is 0 Å². The van der Waals surface area contributed by atoms with Crippen LogP contribution < -0.4 is 0 Å². The van der Waals surface area contributed by atoms with Crippen LogP contribution in [0.1, 0.15) is 108 Å². The molecule has 0 radical (unpaired) electrons. The Balaban J connectivity index is 0. The second-order valence-electron chi connectivity index (χ2n) is 12.5. The van der Waals surface area contributed by atoms with Gasteiger partial charge < -0.3 is 47.4 Å². The Morgan fingerprint density at radius 2 is 0.706 bits per heavy atom. The molecule has 4 unspecified atom stereocenters. The molecule has 0 spiro atoms. The Morgan fingerprint density at radius 3 is 1.04 bits per heavy atom. The molecule has 0 fully saturated rings. The summed E-state index contributed by atoms with van der Waals surface area (Å²) in [4.78, 5) is 0. The quantitative estimate of drug-likeness (QED) is 0.0481. The van der Waals surface area contributed by atoms with Gasteiger partial charge >= 0.3 is 0 Å². The summed E-state index contributed by atoms with van der Waals surface area (Å²) in [5, 5.41) is 0. The molecule has 0 heterocycles. The summed E-state index contributed by atoms with van der Waals surface area (Å²) >= 11 is 0. The number of hydrogen-bond acceptors (Lipinski definition) is 10. The third-order valence-corrected chi connectivity index (χ3v) is 7.47. The Morgan fingerprint density at radius 1 is 0.412 bits per heavy atom. The Kier molecular flexibility index (Phi) is 35.6. The minimum Gasteiger partial charge on any atom is -0.495 e. The van der Waals surface area contributed by atoms with Crippen LogP contribution in [0, 0.1) is 0 Å². The van der Waals surface area contributed by atoms with Crippen LogP contribution in [-0.2, 0) is 47.4 Å². The molecule has 0 aromatic carbocycles. The van der Waals surface area contributed by atoms with Gasteiger partial charge in [-0.2, -0.15) is 0 Å². The Bertz CT molecular complexity index is 860. The average molecular weight is 729 g/mol. The molecule has 0 saturated heterocycles. The van der Waals surface area contributed by atoms with Crippen molar-refractivity contribution in [2.75, 3.05) is 66.1 Å². The number of ether oxygens (including phenoxy) is 10. The van der Waals surface area contributed by atoms with E-state index in [9.17, 15) is 0 Å². The van der Waals surface area contributed by atoms with Gasteiger partial charge in [-0.1, -0.05) is 34.6 Å². The second-order valence-corrected chi connectivity index (χ2v) is 12.5. The normalized spacial score (nSPS) is 15.3. The van der Waals surface area contributed by atoms with E-state index in [4.69, 9.17) is 47.4 Å². The highest BCUT2D eigenvalue weighted by Crippen LogP contribution is 2.35. The third kappa shape index (κ3) is 28.7. The fraction of sp³-hybridized carbons (Fsp3) is 0.756. The molecule has 0 rings (SSSR count). The number of hydrogen-bond donors (Lipinski definition) is 0. The van der Waals surface area contributed by atoms with Gasteiger partial charge in [-0.3, -0.25) is 0 Å². The SMILES string of the molecule is CCCOCC=COC(C)C(C)(OC=CCOCCC)C(C)(C)OC=CCOCCC.CCCOCC=COC(C)C(C)OC=CCOCCC. The predicted octanol–water partition coefficient (Wildman–Crippen LogP) is 9.46. The highest BCUT2D eigenvalue weighted by Gasteiger charge is 2.50. The molecule has 0 saturated carbocycles. The zero-order valence-electron chi connectivity index (χ0n) is 34.2. The van der Waals surface area contributed by atoms with Crippen LogP contribution >= 0.6 is 0 Å². The molecule has 0 aliphatic heterocycles. The highest BCUT2D eigenvalue weighted by molar-refractivity contribution is 5.02. The smallest absolute Gasteiger partial charge is 0.180 e. The minimum atomic E-state index is -0.780. The Hall–Kier alpha value is -2.50. The van der Waals surface area contributed by atoms with E-state index < -0.39 is 11.2 Å². The molecular formula is C41H76O10. The molecule has 0 N–H and O–H groups in total. The summed E-state index contributed by atoms with van der Waals surface area (Å²) in [5.41, 5.74) is -1.47.